The molecule has 0 atom stereocenters. The normalized spacial score (nSPS) is 11.2. The molecule has 188 valence electrons. The van der Waals surface area contributed by atoms with Crippen molar-refractivity contribution in [2.45, 2.75) is 19.3 Å². The smallest absolute Gasteiger partial charge is 0.343 e. The molecule has 0 aliphatic heterocycles. The summed E-state index contributed by atoms with van der Waals surface area (Å²) in [5, 5.41) is 0.687. The van der Waals surface area contributed by atoms with Crippen LogP contribution >= 0.6 is 46.4 Å². The molecule has 0 aromatic heterocycles. The maximum absolute atomic E-state index is 12.5. The first-order valence-corrected chi connectivity index (χ1v) is 12.6. The van der Waals surface area contributed by atoms with Crippen molar-refractivity contribution in [2.24, 2.45) is 0 Å². The van der Waals surface area contributed by atoms with Gasteiger partial charge in [0.1, 0.15) is 0 Å². The molecule has 4 nitrogen and oxygen atoms in total. The van der Waals surface area contributed by atoms with Crippen molar-refractivity contribution in [3.8, 4) is 11.5 Å². The minimum absolute atomic E-state index is 0.0657. The summed E-state index contributed by atoms with van der Waals surface area (Å²) >= 11 is 26.0. The summed E-state index contributed by atoms with van der Waals surface area (Å²) in [7, 11) is 0. The van der Waals surface area contributed by atoms with Crippen molar-refractivity contribution in [2.75, 3.05) is 0 Å². The lowest BCUT2D eigenvalue weighted by Crippen LogP contribution is -2.20. The quantitative estimate of drug-likeness (QED) is 0.170. The number of ether oxygens (including phenoxy) is 2. The maximum Gasteiger partial charge on any atom is 0.343 e. The van der Waals surface area contributed by atoms with Crippen LogP contribution in [0, 0.1) is 0 Å². The number of hydrogen-bond donors (Lipinski definition) is 0. The molecular formula is C29H20Cl4O4. The van der Waals surface area contributed by atoms with Crippen LogP contribution in [-0.2, 0) is 5.41 Å². The Bertz CT molecular complexity index is 1310. The van der Waals surface area contributed by atoms with Crippen LogP contribution in [0.25, 0.3) is 0 Å². The van der Waals surface area contributed by atoms with Crippen LogP contribution in [-0.4, -0.2) is 11.9 Å². The van der Waals surface area contributed by atoms with Gasteiger partial charge in [0.05, 0.1) is 31.2 Å². The Labute approximate surface area is 234 Å². The fraction of sp³-hybridized carbons (Fsp3) is 0.103. The first-order chi connectivity index (χ1) is 17.6. The van der Waals surface area contributed by atoms with E-state index < -0.39 is 17.4 Å². The topological polar surface area (TPSA) is 52.6 Å². The summed E-state index contributed by atoms with van der Waals surface area (Å²) in [4.78, 5) is 25.0. The maximum atomic E-state index is 12.5. The molecule has 0 aliphatic rings. The molecule has 0 bridgehead atoms. The molecule has 0 saturated carbocycles. The van der Waals surface area contributed by atoms with E-state index in [0.717, 1.165) is 11.1 Å². The Hall–Kier alpha value is -3.02. The predicted octanol–water partition coefficient (Wildman–Crippen LogP) is 9.06. The summed E-state index contributed by atoms with van der Waals surface area (Å²) in [6.45, 7) is 3.87. The number of esters is 2. The van der Waals surface area contributed by atoms with Gasteiger partial charge in [-0.2, -0.15) is 0 Å². The molecule has 0 radical (unpaired) electrons. The van der Waals surface area contributed by atoms with E-state index in [1.165, 1.54) is 0 Å². The monoisotopic (exact) mass is 572 g/mol. The van der Waals surface area contributed by atoms with Gasteiger partial charge in [-0.05, 0) is 59.7 Å². The van der Waals surface area contributed by atoms with Crippen LogP contribution in [0.15, 0.2) is 84.9 Å². The van der Waals surface area contributed by atoms with Gasteiger partial charge in [-0.1, -0.05) is 96.6 Å². The van der Waals surface area contributed by atoms with Gasteiger partial charge in [-0.15, -0.1) is 0 Å². The second-order valence-corrected chi connectivity index (χ2v) is 10.3. The minimum atomic E-state index is -0.676. The summed E-state index contributed by atoms with van der Waals surface area (Å²) in [6.07, 6.45) is 0. The molecule has 0 unspecified atom stereocenters. The Morgan fingerprint density at radius 2 is 0.865 bits per heavy atom. The van der Waals surface area contributed by atoms with Gasteiger partial charge < -0.3 is 9.47 Å². The average Bonchev–Trinajstić information content (AvgIpc) is 2.88. The fourth-order valence-electron chi connectivity index (χ4n) is 3.65. The lowest BCUT2D eigenvalue weighted by atomic mass is 9.78. The molecule has 0 spiro atoms. The molecule has 0 saturated heterocycles. The molecule has 4 rings (SSSR count). The highest BCUT2D eigenvalue weighted by Gasteiger charge is 2.28. The van der Waals surface area contributed by atoms with Gasteiger partial charge in [0, 0.05) is 5.41 Å². The Balaban J connectivity index is 1.61. The summed E-state index contributed by atoms with van der Waals surface area (Å²) in [5.41, 5.74) is 1.52. The van der Waals surface area contributed by atoms with Crippen molar-refractivity contribution >= 4 is 58.3 Å². The van der Waals surface area contributed by atoms with E-state index >= 15 is 0 Å². The summed E-state index contributed by atoms with van der Waals surface area (Å²) in [5.74, 6) is -1.02. The number of halogens is 4. The third-order valence-corrected chi connectivity index (χ3v) is 6.97. The number of carbonyl (C=O) groups excluding carboxylic acids is 2. The zero-order valence-corrected chi connectivity index (χ0v) is 22.8. The molecule has 0 N–H and O–H groups in total. The molecule has 0 amide bonds. The highest BCUT2D eigenvalue weighted by atomic mass is 35.5. The van der Waals surface area contributed by atoms with Crippen molar-refractivity contribution in [3.63, 3.8) is 0 Å². The molecule has 0 aliphatic carbocycles. The van der Waals surface area contributed by atoms with E-state index in [2.05, 4.69) is 0 Å². The average molecular weight is 574 g/mol. The molecule has 0 fully saturated rings. The van der Waals surface area contributed by atoms with Crippen molar-refractivity contribution in [1.29, 1.82) is 0 Å². The first-order valence-electron chi connectivity index (χ1n) is 11.1. The zero-order valence-electron chi connectivity index (χ0n) is 19.7. The molecule has 0 heterocycles. The fourth-order valence-corrected chi connectivity index (χ4v) is 4.78. The highest BCUT2D eigenvalue weighted by molar-refractivity contribution is 6.38. The van der Waals surface area contributed by atoms with Crippen LogP contribution in [0.4, 0.5) is 0 Å². The third-order valence-electron chi connectivity index (χ3n) is 5.85. The van der Waals surface area contributed by atoms with E-state index in [-0.39, 0.29) is 31.6 Å². The Kier molecular flexibility index (Phi) is 8.15. The first kappa shape index (κ1) is 27.0. The van der Waals surface area contributed by atoms with E-state index in [1.807, 2.05) is 13.8 Å². The van der Waals surface area contributed by atoms with Gasteiger partial charge in [0.2, 0.25) is 0 Å². The lowest BCUT2D eigenvalue weighted by Gasteiger charge is -2.28. The highest BCUT2D eigenvalue weighted by Crippen LogP contribution is 2.44. The number of hydrogen-bond acceptors (Lipinski definition) is 4. The van der Waals surface area contributed by atoms with Crippen LogP contribution in [0.2, 0.25) is 20.1 Å². The van der Waals surface area contributed by atoms with Crippen LogP contribution < -0.4 is 9.47 Å². The molecule has 4 aromatic rings. The van der Waals surface area contributed by atoms with Gasteiger partial charge in [-0.25, -0.2) is 9.59 Å². The van der Waals surface area contributed by atoms with Gasteiger partial charge in [-0.3, -0.25) is 0 Å². The molecular weight excluding hydrogens is 554 g/mol. The third kappa shape index (κ3) is 5.94. The van der Waals surface area contributed by atoms with Crippen LogP contribution in [0.5, 0.6) is 11.5 Å². The molecule has 37 heavy (non-hydrogen) atoms. The standard InChI is InChI=1S/C29H20Cl4O4/c1-29(2,19-13-21(30)25(22(31)14-19)36-27(34)17-9-5-3-6-10-17)20-15-23(32)26(24(33)16-20)37-28(35)18-11-7-4-8-12-18/h3-16H,1-2H3. The summed E-state index contributed by atoms with van der Waals surface area (Å²) in [6, 6.07) is 23.8. The van der Waals surface area contributed by atoms with Gasteiger partial charge in [0.25, 0.3) is 0 Å². The SMILES string of the molecule is CC(C)(c1cc(Cl)c(OC(=O)c2ccccc2)c(Cl)c1)c1cc(Cl)c(OC(=O)c2ccccc2)c(Cl)c1. The van der Waals surface area contributed by atoms with Crippen molar-refractivity contribution in [1.82, 2.24) is 0 Å². The lowest BCUT2D eigenvalue weighted by molar-refractivity contribution is 0.0725. The van der Waals surface area contributed by atoms with E-state index in [9.17, 15) is 9.59 Å². The van der Waals surface area contributed by atoms with E-state index in [4.69, 9.17) is 55.9 Å². The summed E-state index contributed by atoms with van der Waals surface area (Å²) < 4.78 is 10.9. The van der Waals surface area contributed by atoms with Crippen molar-refractivity contribution < 1.29 is 19.1 Å². The van der Waals surface area contributed by atoms with Crippen LogP contribution in [0.1, 0.15) is 45.7 Å². The number of rotatable bonds is 6. The Morgan fingerprint density at radius 3 is 1.16 bits per heavy atom. The van der Waals surface area contributed by atoms with Gasteiger partial charge in [0.15, 0.2) is 11.5 Å². The molecule has 4 aromatic carbocycles. The second-order valence-electron chi connectivity index (χ2n) is 8.67. The van der Waals surface area contributed by atoms with Crippen LogP contribution in [0.3, 0.4) is 0 Å². The van der Waals surface area contributed by atoms with Gasteiger partial charge >= 0.3 is 11.9 Å². The van der Waals surface area contributed by atoms with Crippen molar-refractivity contribution in [3.05, 3.63) is 127 Å². The van der Waals surface area contributed by atoms with E-state index in [0.29, 0.717) is 11.1 Å². The second kappa shape index (κ2) is 11.2. The van der Waals surface area contributed by atoms with E-state index in [1.54, 1.807) is 84.9 Å². The largest absolute Gasteiger partial charge is 0.420 e. The Morgan fingerprint density at radius 1 is 0.568 bits per heavy atom. The molecule has 8 heteroatoms. The number of benzene rings is 4. The number of carbonyl (C=O) groups is 2. The predicted molar refractivity (Wildman–Crippen MR) is 148 cm³/mol. The zero-order chi connectivity index (χ0) is 26.7. The minimum Gasteiger partial charge on any atom is -0.420 e.